The van der Waals surface area contributed by atoms with Gasteiger partial charge in [0.1, 0.15) is 0 Å². The van der Waals surface area contributed by atoms with Crippen LogP contribution in [0.15, 0.2) is 33.7 Å². The van der Waals surface area contributed by atoms with E-state index in [0.717, 1.165) is 62.8 Å². The van der Waals surface area contributed by atoms with Crippen molar-refractivity contribution in [2.75, 3.05) is 40.0 Å². The van der Waals surface area contributed by atoms with Gasteiger partial charge < -0.3 is 20.1 Å². The van der Waals surface area contributed by atoms with E-state index in [0.29, 0.717) is 5.92 Å². The van der Waals surface area contributed by atoms with Crippen LogP contribution in [0.5, 0.6) is 0 Å². The lowest BCUT2D eigenvalue weighted by atomic mass is 10.1. The van der Waals surface area contributed by atoms with Gasteiger partial charge in [-0.1, -0.05) is 28.1 Å². The Balaban J connectivity index is 0.00000288. The predicted molar refractivity (Wildman–Crippen MR) is 112 cm³/mol. The van der Waals surface area contributed by atoms with E-state index in [-0.39, 0.29) is 24.0 Å². The first-order valence-corrected chi connectivity index (χ1v) is 8.91. The molecule has 1 aromatic carbocycles. The summed E-state index contributed by atoms with van der Waals surface area (Å²) in [6.45, 7) is 4.92. The van der Waals surface area contributed by atoms with Crippen LogP contribution in [-0.4, -0.2) is 46.0 Å². The van der Waals surface area contributed by atoms with Gasteiger partial charge in [0.05, 0.1) is 13.2 Å². The summed E-state index contributed by atoms with van der Waals surface area (Å²) in [5, 5.41) is 6.61. The third-order valence-corrected chi connectivity index (χ3v) is 4.20. The maximum Gasteiger partial charge on any atom is 0.191 e. The van der Waals surface area contributed by atoms with Crippen LogP contribution in [0.1, 0.15) is 18.4 Å². The molecule has 1 atom stereocenters. The zero-order valence-electron chi connectivity index (χ0n) is 14.1. The molecule has 5 nitrogen and oxygen atoms in total. The molecule has 0 spiro atoms. The number of guanidine groups is 1. The molecule has 0 saturated carbocycles. The van der Waals surface area contributed by atoms with Crippen molar-refractivity contribution in [3.05, 3.63) is 34.3 Å². The highest BCUT2D eigenvalue weighted by atomic mass is 127. The van der Waals surface area contributed by atoms with Gasteiger partial charge in [-0.05, 0) is 30.5 Å². The molecule has 1 fully saturated rings. The van der Waals surface area contributed by atoms with Crippen LogP contribution in [0.2, 0.25) is 0 Å². The van der Waals surface area contributed by atoms with Crippen LogP contribution in [0, 0.1) is 5.92 Å². The largest absolute Gasteiger partial charge is 0.381 e. The van der Waals surface area contributed by atoms with Crippen molar-refractivity contribution in [1.29, 1.82) is 0 Å². The van der Waals surface area contributed by atoms with Crippen molar-refractivity contribution < 1.29 is 9.47 Å². The number of nitrogens with zero attached hydrogens (tertiary/aromatic N) is 1. The Kier molecular flexibility index (Phi) is 11.7. The van der Waals surface area contributed by atoms with Crippen molar-refractivity contribution in [2.24, 2.45) is 10.9 Å². The van der Waals surface area contributed by atoms with E-state index in [9.17, 15) is 0 Å². The number of hydrogen-bond donors (Lipinski definition) is 2. The molecule has 136 valence electrons. The minimum atomic E-state index is 0. The number of benzene rings is 1. The van der Waals surface area contributed by atoms with Crippen molar-refractivity contribution in [3.8, 4) is 0 Å². The van der Waals surface area contributed by atoms with E-state index in [1.807, 2.05) is 12.1 Å². The van der Waals surface area contributed by atoms with Crippen molar-refractivity contribution >= 4 is 45.9 Å². The average molecular weight is 512 g/mol. The van der Waals surface area contributed by atoms with Crippen LogP contribution in [0.25, 0.3) is 0 Å². The third-order valence-electron chi connectivity index (χ3n) is 3.71. The van der Waals surface area contributed by atoms with E-state index >= 15 is 0 Å². The first kappa shape index (κ1) is 21.7. The number of halogens is 2. The fraction of sp³-hybridized carbons (Fsp3) is 0.588. The van der Waals surface area contributed by atoms with Crippen LogP contribution < -0.4 is 10.6 Å². The molecule has 1 aliphatic rings. The minimum absolute atomic E-state index is 0. The molecule has 1 aliphatic heterocycles. The second kappa shape index (κ2) is 12.9. The molecule has 1 saturated heterocycles. The van der Waals surface area contributed by atoms with Crippen molar-refractivity contribution in [2.45, 2.75) is 19.4 Å². The van der Waals surface area contributed by atoms with Gasteiger partial charge in [-0.15, -0.1) is 24.0 Å². The molecular weight excluding hydrogens is 485 g/mol. The van der Waals surface area contributed by atoms with Crippen molar-refractivity contribution in [1.82, 2.24) is 10.6 Å². The second-order valence-electron chi connectivity index (χ2n) is 5.64. The van der Waals surface area contributed by atoms with Crippen LogP contribution in [0.3, 0.4) is 0 Å². The number of nitrogens with one attached hydrogen (secondary N) is 2. The lowest BCUT2D eigenvalue weighted by Gasteiger charge is -2.13. The SMILES string of the molecule is CN=C(NCCCOCC1CCOC1)NCc1cccc(Br)c1.I. The summed E-state index contributed by atoms with van der Waals surface area (Å²) in [4.78, 5) is 4.23. The molecule has 24 heavy (non-hydrogen) atoms. The predicted octanol–water partition coefficient (Wildman–Crippen LogP) is 3.18. The van der Waals surface area contributed by atoms with E-state index in [4.69, 9.17) is 9.47 Å². The molecule has 0 amide bonds. The lowest BCUT2D eigenvalue weighted by Crippen LogP contribution is -2.37. The average Bonchev–Trinajstić information content (AvgIpc) is 3.07. The summed E-state index contributed by atoms with van der Waals surface area (Å²) in [7, 11) is 1.78. The first-order valence-electron chi connectivity index (χ1n) is 8.12. The monoisotopic (exact) mass is 511 g/mol. The van der Waals surface area contributed by atoms with E-state index < -0.39 is 0 Å². The van der Waals surface area contributed by atoms with Crippen LogP contribution in [0.4, 0.5) is 0 Å². The summed E-state index contributed by atoms with van der Waals surface area (Å²) in [6, 6.07) is 8.24. The molecule has 0 radical (unpaired) electrons. The maximum absolute atomic E-state index is 5.69. The van der Waals surface area contributed by atoms with Gasteiger partial charge in [0.25, 0.3) is 0 Å². The van der Waals surface area contributed by atoms with Gasteiger partial charge in [-0.2, -0.15) is 0 Å². The topological polar surface area (TPSA) is 54.9 Å². The fourth-order valence-corrected chi connectivity index (χ4v) is 2.85. The Morgan fingerprint density at radius 1 is 1.42 bits per heavy atom. The molecule has 1 unspecified atom stereocenters. The van der Waals surface area contributed by atoms with Gasteiger partial charge in [0.15, 0.2) is 5.96 Å². The van der Waals surface area contributed by atoms with Gasteiger partial charge in [0, 0.05) is 43.7 Å². The van der Waals surface area contributed by atoms with E-state index in [1.165, 1.54) is 5.56 Å². The van der Waals surface area contributed by atoms with Gasteiger partial charge in [0.2, 0.25) is 0 Å². The lowest BCUT2D eigenvalue weighted by molar-refractivity contribution is 0.0888. The van der Waals surface area contributed by atoms with Crippen LogP contribution in [-0.2, 0) is 16.0 Å². The highest BCUT2D eigenvalue weighted by Crippen LogP contribution is 2.12. The molecule has 7 heteroatoms. The molecule has 1 aromatic rings. The van der Waals surface area contributed by atoms with E-state index in [1.54, 1.807) is 7.05 Å². The Bertz CT molecular complexity index is 496. The van der Waals surface area contributed by atoms with Crippen LogP contribution >= 0.6 is 39.9 Å². The second-order valence-corrected chi connectivity index (χ2v) is 6.56. The molecular formula is C17H27BrIN3O2. The Hall–Kier alpha value is -0.380. The molecule has 1 heterocycles. The molecule has 2 N–H and O–H groups in total. The molecule has 2 rings (SSSR count). The highest BCUT2D eigenvalue weighted by molar-refractivity contribution is 14.0. The number of hydrogen-bond acceptors (Lipinski definition) is 3. The number of aliphatic imine (C=N–C) groups is 1. The summed E-state index contributed by atoms with van der Waals surface area (Å²) < 4.78 is 12.1. The van der Waals surface area contributed by atoms with E-state index in [2.05, 4.69) is 43.7 Å². The highest BCUT2D eigenvalue weighted by Gasteiger charge is 2.15. The Labute approximate surface area is 170 Å². The Morgan fingerprint density at radius 3 is 3.00 bits per heavy atom. The minimum Gasteiger partial charge on any atom is -0.381 e. The fourth-order valence-electron chi connectivity index (χ4n) is 2.40. The zero-order valence-corrected chi connectivity index (χ0v) is 18.0. The third kappa shape index (κ3) is 8.64. The first-order chi connectivity index (χ1) is 11.3. The van der Waals surface area contributed by atoms with Gasteiger partial charge in [-0.3, -0.25) is 4.99 Å². The standard InChI is InChI=1S/C17H26BrN3O2.HI/c1-19-17(21-11-14-4-2-5-16(18)10-14)20-7-3-8-22-12-15-6-9-23-13-15;/h2,4-5,10,15H,3,6-9,11-13H2,1H3,(H2,19,20,21);1H. The summed E-state index contributed by atoms with van der Waals surface area (Å²) in [6.07, 6.45) is 2.09. The smallest absolute Gasteiger partial charge is 0.191 e. The van der Waals surface area contributed by atoms with Gasteiger partial charge >= 0.3 is 0 Å². The summed E-state index contributed by atoms with van der Waals surface area (Å²) in [5.74, 6) is 1.40. The molecule has 0 aliphatic carbocycles. The quantitative estimate of drug-likeness (QED) is 0.243. The Morgan fingerprint density at radius 2 is 2.29 bits per heavy atom. The molecule has 0 aromatic heterocycles. The number of ether oxygens (including phenoxy) is 2. The van der Waals surface area contributed by atoms with Gasteiger partial charge in [-0.25, -0.2) is 0 Å². The number of rotatable bonds is 8. The van der Waals surface area contributed by atoms with Crippen molar-refractivity contribution in [3.63, 3.8) is 0 Å². The zero-order chi connectivity index (χ0) is 16.3. The summed E-state index contributed by atoms with van der Waals surface area (Å²) in [5.41, 5.74) is 1.21. The maximum atomic E-state index is 5.69. The molecule has 0 bridgehead atoms. The normalized spacial score (nSPS) is 17.4. The summed E-state index contributed by atoms with van der Waals surface area (Å²) >= 11 is 3.48.